The number of hydrogen-bond donors (Lipinski definition) is 4. The first kappa shape index (κ1) is 20.0. The maximum absolute atomic E-state index is 12.3. The summed E-state index contributed by atoms with van der Waals surface area (Å²) in [4.78, 5) is 49.6. The molecule has 144 valence electrons. The zero-order chi connectivity index (χ0) is 19.8. The summed E-state index contributed by atoms with van der Waals surface area (Å²) < 4.78 is 4.99. The van der Waals surface area contributed by atoms with E-state index in [0.29, 0.717) is 0 Å². The maximum Gasteiger partial charge on any atom is 0.329 e. The maximum atomic E-state index is 12.3. The third kappa shape index (κ3) is 5.84. The van der Waals surface area contributed by atoms with Gasteiger partial charge in [-0.25, -0.2) is 4.79 Å². The first-order valence-electron chi connectivity index (χ1n) is 8.36. The van der Waals surface area contributed by atoms with Crippen molar-refractivity contribution in [3.8, 4) is 0 Å². The molecule has 0 aliphatic heterocycles. The fourth-order valence-electron chi connectivity index (χ4n) is 2.51. The molecule has 0 radical (unpaired) electrons. The number of carbonyl (C=O) groups is 4. The number of nitrogens with one attached hydrogen (secondary N) is 4. The molecule has 1 aromatic carbocycles. The van der Waals surface area contributed by atoms with Crippen molar-refractivity contribution in [3.05, 3.63) is 36.0 Å². The van der Waals surface area contributed by atoms with Gasteiger partial charge in [-0.15, -0.1) is 0 Å². The molecule has 27 heavy (non-hydrogen) atoms. The molecule has 1 aromatic heterocycles. The van der Waals surface area contributed by atoms with Crippen LogP contribution in [-0.4, -0.2) is 54.9 Å². The Morgan fingerprint density at radius 3 is 2.59 bits per heavy atom. The number of esters is 1. The number of likely N-dealkylation sites (N-methyl/N-ethyl adjacent to an activating group) is 1. The minimum Gasteiger partial charge on any atom is -0.454 e. The van der Waals surface area contributed by atoms with Crippen molar-refractivity contribution in [2.75, 3.05) is 20.2 Å². The highest BCUT2D eigenvalue weighted by molar-refractivity contribution is 5.89. The average Bonchev–Trinajstić information content (AvgIpc) is 3.06. The normalized spacial score (nSPS) is 11.5. The average molecular weight is 374 g/mol. The highest BCUT2D eigenvalue weighted by Crippen LogP contribution is 2.19. The van der Waals surface area contributed by atoms with Gasteiger partial charge in [0.1, 0.15) is 6.04 Å². The third-order valence-electron chi connectivity index (χ3n) is 3.83. The first-order valence-corrected chi connectivity index (χ1v) is 8.36. The van der Waals surface area contributed by atoms with Crippen molar-refractivity contribution in [2.45, 2.75) is 19.4 Å². The molecule has 1 heterocycles. The lowest BCUT2D eigenvalue weighted by Gasteiger charge is -2.16. The van der Waals surface area contributed by atoms with Crippen LogP contribution in [-0.2, 0) is 30.3 Å². The van der Waals surface area contributed by atoms with Gasteiger partial charge < -0.3 is 25.7 Å². The number of fused-ring (bicyclic) bond motifs is 1. The van der Waals surface area contributed by atoms with Crippen LogP contribution in [0.4, 0.5) is 0 Å². The molecule has 4 N–H and O–H groups in total. The first-order chi connectivity index (χ1) is 12.9. The van der Waals surface area contributed by atoms with E-state index in [1.807, 2.05) is 24.3 Å². The predicted molar refractivity (Wildman–Crippen MR) is 97.6 cm³/mol. The number of carbonyl (C=O) groups excluding carboxylic acids is 4. The van der Waals surface area contributed by atoms with Crippen LogP contribution in [0.3, 0.4) is 0 Å². The number of para-hydroxylation sites is 1. The van der Waals surface area contributed by atoms with Crippen molar-refractivity contribution in [1.29, 1.82) is 0 Å². The Labute approximate surface area is 155 Å². The minimum absolute atomic E-state index is 0.211. The lowest BCUT2D eigenvalue weighted by atomic mass is 10.0. The molecule has 0 fully saturated rings. The van der Waals surface area contributed by atoms with Crippen molar-refractivity contribution in [3.63, 3.8) is 0 Å². The fraction of sp³-hybridized carbons (Fsp3) is 0.333. The van der Waals surface area contributed by atoms with Crippen LogP contribution in [0.1, 0.15) is 12.5 Å². The number of rotatable bonds is 8. The molecule has 9 nitrogen and oxygen atoms in total. The number of amides is 3. The molecule has 0 spiro atoms. The Morgan fingerprint density at radius 2 is 1.89 bits per heavy atom. The van der Waals surface area contributed by atoms with E-state index >= 15 is 0 Å². The van der Waals surface area contributed by atoms with E-state index in [9.17, 15) is 19.2 Å². The summed E-state index contributed by atoms with van der Waals surface area (Å²) in [5, 5.41) is 8.15. The second-order valence-electron chi connectivity index (χ2n) is 5.87. The zero-order valence-electron chi connectivity index (χ0n) is 15.1. The van der Waals surface area contributed by atoms with Gasteiger partial charge in [0.2, 0.25) is 11.8 Å². The molecule has 9 heteroatoms. The van der Waals surface area contributed by atoms with Gasteiger partial charge >= 0.3 is 5.97 Å². The van der Waals surface area contributed by atoms with Gasteiger partial charge in [-0.1, -0.05) is 18.2 Å². The summed E-state index contributed by atoms with van der Waals surface area (Å²) >= 11 is 0. The number of H-pyrrole nitrogens is 1. The van der Waals surface area contributed by atoms with Crippen molar-refractivity contribution < 1.29 is 23.9 Å². The van der Waals surface area contributed by atoms with Gasteiger partial charge in [0.15, 0.2) is 6.61 Å². The minimum atomic E-state index is -0.937. The van der Waals surface area contributed by atoms with E-state index in [-0.39, 0.29) is 24.8 Å². The van der Waals surface area contributed by atoms with E-state index < -0.39 is 24.5 Å². The van der Waals surface area contributed by atoms with Gasteiger partial charge in [0, 0.05) is 37.5 Å². The number of aromatic nitrogens is 1. The Morgan fingerprint density at radius 1 is 1.15 bits per heavy atom. The van der Waals surface area contributed by atoms with E-state index in [2.05, 4.69) is 20.9 Å². The highest BCUT2D eigenvalue weighted by atomic mass is 16.5. The number of ether oxygens (including phenoxy) is 1. The van der Waals surface area contributed by atoms with Gasteiger partial charge in [-0.05, 0) is 11.6 Å². The van der Waals surface area contributed by atoms with Crippen LogP contribution >= 0.6 is 0 Å². The van der Waals surface area contributed by atoms with Crippen LogP contribution in [0.15, 0.2) is 30.5 Å². The molecule has 0 bridgehead atoms. The smallest absolute Gasteiger partial charge is 0.329 e. The van der Waals surface area contributed by atoms with Crippen molar-refractivity contribution in [1.82, 2.24) is 20.9 Å². The van der Waals surface area contributed by atoms with Crippen molar-refractivity contribution >= 4 is 34.6 Å². The summed E-state index contributed by atoms with van der Waals surface area (Å²) in [7, 11) is 1.44. The monoisotopic (exact) mass is 374 g/mol. The van der Waals surface area contributed by atoms with Crippen LogP contribution in [0.5, 0.6) is 0 Å². The van der Waals surface area contributed by atoms with Gasteiger partial charge in [-0.3, -0.25) is 14.4 Å². The molecule has 2 aromatic rings. The zero-order valence-corrected chi connectivity index (χ0v) is 15.1. The molecule has 0 aliphatic rings. The number of hydrogen-bond acceptors (Lipinski definition) is 5. The van der Waals surface area contributed by atoms with E-state index in [0.717, 1.165) is 16.5 Å². The van der Waals surface area contributed by atoms with E-state index in [4.69, 9.17) is 4.74 Å². The van der Waals surface area contributed by atoms with Crippen LogP contribution < -0.4 is 16.0 Å². The third-order valence-corrected chi connectivity index (χ3v) is 3.83. The molecule has 2 rings (SSSR count). The molecular formula is C18H22N4O5. The molecule has 0 saturated heterocycles. The summed E-state index contributed by atoms with van der Waals surface area (Å²) in [6.45, 7) is 0.544. The summed E-state index contributed by atoms with van der Waals surface area (Å²) in [6.07, 6.45) is 1.98. The highest BCUT2D eigenvalue weighted by Gasteiger charge is 2.23. The Hall–Kier alpha value is -3.36. The van der Waals surface area contributed by atoms with Gasteiger partial charge in [0.25, 0.3) is 5.91 Å². The largest absolute Gasteiger partial charge is 0.454 e. The topological polar surface area (TPSA) is 129 Å². The quantitative estimate of drug-likeness (QED) is 0.468. The summed E-state index contributed by atoms with van der Waals surface area (Å²) in [5.74, 6) is -2.10. The molecular weight excluding hydrogens is 352 g/mol. The summed E-state index contributed by atoms with van der Waals surface area (Å²) in [5.41, 5.74) is 1.75. The lowest BCUT2D eigenvalue weighted by Crippen LogP contribution is -2.44. The Bertz CT molecular complexity index is 845. The van der Waals surface area contributed by atoms with E-state index in [1.54, 1.807) is 6.20 Å². The predicted octanol–water partition coefficient (Wildman–Crippen LogP) is -0.379. The van der Waals surface area contributed by atoms with Crippen LogP contribution in [0, 0.1) is 0 Å². The molecule has 1 atom stereocenters. The SMILES string of the molecule is CNC(=O)CNC(=O)COC(=O)[C@H](Cc1c[nH]c2ccccc12)NC(C)=O. The van der Waals surface area contributed by atoms with Crippen LogP contribution in [0.25, 0.3) is 10.9 Å². The molecule has 0 aliphatic carbocycles. The fourth-order valence-corrected chi connectivity index (χ4v) is 2.51. The number of aromatic amines is 1. The van der Waals surface area contributed by atoms with Gasteiger partial charge in [0.05, 0.1) is 6.54 Å². The lowest BCUT2D eigenvalue weighted by molar-refractivity contribution is -0.151. The van der Waals surface area contributed by atoms with Gasteiger partial charge in [-0.2, -0.15) is 0 Å². The molecule has 3 amide bonds. The Kier molecular flexibility index (Phi) is 6.93. The standard InChI is InChI=1S/C18H22N4O5/c1-11(23)22-15(7-12-8-20-14-6-4-3-5-13(12)14)18(26)27-10-17(25)21-9-16(24)19-2/h3-6,8,15,20H,7,9-10H2,1-2H3,(H,19,24)(H,21,25)(H,22,23)/t15-/m0/s1. The Balaban J connectivity index is 1.98. The van der Waals surface area contributed by atoms with E-state index in [1.165, 1.54) is 14.0 Å². The summed E-state index contributed by atoms with van der Waals surface area (Å²) in [6, 6.07) is 6.64. The second-order valence-corrected chi connectivity index (χ2v) is 5.87. The van der Waals surface area contributed by atoms with Crippen molar-refractivity contribution in [2.24, 2.45) is 0 Å². The molecule has 0 saturated carbocycles. The molecule has 0 unspecified atom stereocenters. The van der Waals surface area contributed by atoms with Crippen LogP contribution in [0.2, 0.25) is 0 Å². The second kappa shape index (κ2) is 9.37. The number of benzene rings is 1.